The molecule has 126 valence electrons. The number of nitrogen functional groups attached to an aromatic ring is 1. The van der Waals surface area contributed by atoms with Crippen LogP contribution >= 0.6 is 0 Å². The second-order valence-corrected chi connectivity index (χ2v) is 5.94. The molecule has 0 radical (unpaired) electrons. The smallest absolute Gasteiger partial charge is 0.220 e. The average molecular weight is 319 g/mol. The van der Waals surface area contributed by atoms with Crippen LogP contribution in [0.25, 0.3) is 0 Å². The maximum Gasteiger partial charge on any atom is 0.220 e. The molecule has 1 saturated heterocycles. The van der Waals surface area contributed by atoms with Crippen LogP contribution in [0.3, 0.4) is 0 Å². The minimum absolute atomic E-state index is 0.0253. The second kappa shape index (κ2) is 7.46. The Hall–Kier alpha value is -2.08. The zero-order valence-electron chi connectivity index (χ0n) is 13.7. The first kappa shape index (κ1) is 17.3. The molecule has 6 heteroatoms. The Kier molecular flexibility index (Phi) is 5.60. The molecule has 4 N–H and O–H groups in total. The minimum atomic E-state index is -0.249. The molecule has 0 spiro atoms. The average Bonchev–Trinajstić information content (AvgIpc) is 2.55. The van der Waals surface area contributed by atoms with Crippen molar-refractivity contribution in [1.82, 2.24) is 4.90 Å². The van der Waals surface area contributed by atoms with Gasteiger partial charge in [0.25, 0.3) is 0 Å². The van der Waals surface area contributed by atoms with E-state index in [1.807, 2.05) is 13.8 Å². The van der Waals surface area contributed by atoms with Crippen molar-refractivity contribution in [3.63, 3.8) is 0 Å². The van der Waals surface area contributed by atoms with E-state index in [0.717, 1.165) is 0 Å². The van der Waals surface area contributed by atoms with E-state index in [1.54, 1.807) is 18.2 Å². The van der Waals surface area contributed by atoms with Gasteiger partial charge in [0.05, 0.1) is 18.3 Å². The Labute approximate surface area is 136 Å². The number of Topliss-reactive ketones (excluding diaryl/α,β-unsaturated/α-hetero) is 1. The molecule has 6 nitrogen and oxygen atoms in total. The SMILES string of the molecule is CCOc1ccc(C(=O)C(C)N2CCC(C(N)=O)CC2)cc1N. The highest BCUT2D eigenvalue weighted by atomic mass is 16.5. The molecule has 1 aromatic rings. The van der Waals surface area contributed by atoms with Gasteiger partial charge in [-0.15, -0.1) is 0 Å². The van der Waals surface area contributed by atoms with Gasteiger partial charge in [-0.2, -0.15) is 0 Å². The van der Waals surface area contributed by atoms with Crippen LogP contribution in [0.2, 0.25) is 0 Å². The number of hydrogen-bond donors (Lipinski definition) is 2. The first-order valence-corrected chi connectivity index (χ1v) is 8.04. The summed E-state index contributed by atoms with van der Waals surface area (Å²) in [5.74, 6) is 0.300. The predicted octanol–water partition coefficient (Wildman–Crippen LogP) is 1.44. The van der Waals surface area contributed by atoms with Crippen LogP contribution in [-0.2, 0) is 4.79 Å². The Morgan fingerprint density at radius 1 is 1.35 bits per heavy atom. The van der Waals surface area contributed by atoms with E-state index in [2.05, 4.69) is 4.90 Å². The van der Waals surface area contributed by atoms with E-state index < -0.39 is 0 Å². The summed E-state index contributed by atoms with van der Waals surface area (Å²) in [4.78, 5) is 26.0. The normalized spacial score (nSPS) is 17.7. The highest BCUT2D eigenvalue weighted by Crippen LogP contribution is 2.25. The number of likely N-dealkylation sites (tertiary alicyclic amines) is 1. The second-order valence-electron chi connectivity index (χ2n) is 5.94. The summed E-state index contributed by atoms with van der Waals surface area (Å²) in [5, 5.41) is 0. The highest BCUT2D eigenvalue weighted by molar-refractivity contribution is 6.00. The van der Waals surface area contributed by atoms with Crippen LogP contribution in [0, 0.1) is 5.92 Å². The van der Waals surface area contributed by atoms with E-state index in [9.17, 15) is 9.59 Å². The third kappa shape index (κ3) is 4.01. The van der Waals surface area contributed by atoms with Crippen molar-refractivity contribution in [2.45, 2.75) is 32.7 Å². The van der Waals surface area contributed by atoms with Gasteiger partial charge in [-0.25, -0.2) is 0 Å². The first-order valence-electron chi connectivity index (χ1n) is 8.04. The van der Waals surface area contributed by atoms with Gasteiger partial charge in [-0.3, -0.25) is 14.5 Å². The van der Waals surface area contributed by atoms with Gasteiger partial charge in [0.15, 0.2) is 5.78 Å². The molecular weight excluding hydrogens is 294 g/mol. The van der Waals surface area contributed by atoms with Crippen molar-refractivity contribution >= 4 is 17.4 Å². The van der Waals surface area contributed by atoms with Crippen LogP contribution < -0.4 is 16.2 Å². The number of benzene rings is 1. The molecule has 1 aliphatic rings. The molecule has 1 fully saturated rings. The number of nitrogens with zero attached hydrogens (tertiary/aromatic N) is 1. The molecule has 1 amide bonds. The van der Waals surface area contributed by atoms with E-state index in [1.165, 1.54) is 0 Å². The van der Waals surface area contributed by atoms with Crippen molar-refractivity contribution < 1.29 is 14.3 Å². The number of hydrogen-bond acceptors (Lipinski definition) is 5. The first-order chi connectivity index (χ1) is 10.9. The zero-order chi connectivity index (χ0) is 17.0. The van der Waals surface area contributed by atoms with Gasteiger partial charge in [-0.05, 0) is 58.0 Å². The third-order valence-electron chi connectivity index (χ3n) is 4.45. The molecule has 0 bridgehead atoms. The monoisotopic (exact) mass is 319 g/mol. The van der Waals surface area contributed by atoms with Crippen molar-refractivity contribution in [3.8, 4) is 5.75 Å². The third-order valence-corrected chi connectivity index (χ3v) is 4.45. The molecular formula is C17H25N3O3. The molecule has 2 rings (SSSR count). The number of anilines is 1. The number of carbonyl (C=O) groups excluding carboxylic acids is 2. The quantitative estimate of drug-likeness (QED) is 0.610. The molecule has 1 heterocycles. The lowest BCUT2D eigenvalue weighted by Gasteiger charge is -2.34. The molecule has 1 unspecified atom stereocenters. The highest BCUT2D eigenvalue weighted by Gasteiger charge is 2.29. The standard InChI is InChI=1S/C17H25N3O3/c1-3-23-15-5-4-13(10-14(15)18)16(21)11(2)20-8-6-12(7-9-20)17(19)22/h4-5,10-12H,3,6-9,18H2,1-2H3,(H2,19,22). The van der Waals surface area contributed by atoms with E-state index in [0.29, 0.717) is 49.5 Å². The van der Waals surface area contributed by atoms with Gasteiger partial charge >= 0.3 is 0 Å². The summed E-state index contributed by atoms with van der Waals surface area (Å²) >= 11 is 0. The summed E-state index contributed by atoms with van der Waals surface area (Å²) in [7, 11) is 0. The number of primary amides is 1. The lowest BCUT2D eigenvalue weighted by atomic mass is 9.94. The van der Waals surface area contributed by atoms with Gasteiger partial charge < -0.3 is 16.2 Å². The van der Waals surface area contributed by atoms with Crippen molar-refractivity contribution in [2.75, 3.05) is 25.4 Å². The van der Waals surface area contributed by atoms with Crippen molar-refractivity contribution in [1.29, 1.82) is 0 Å². The minimum Gasteiger partial charge on any atom is -0.492 e. The van der Waals surface area contributed by atoms with Crippen LogP contribution in [-0.4, -0.2) is 42.3 Å². The summed E-state index contributed by atoms with van der Waals surface area (Å²) in [6, 6.07) is 4.90. The molecule has 1 atom stereocenters. The molecule has 0 saturated carbocycles. The summed E-state index contributed by atoms with van der Waals surface area (Å²) in [6.45, 7) is 5.71. The molecule has 1 aromatic carbocycles. The fourth-order valence-corrected chi connectivity index (χ4v) is 2.97. The van der Waals surface area contributed by atoms with Crippen LogP contribution in [0.5, 0.6) is 5.75 Å². The zero-order valence-corrected chi connectivity index (χ0v) is 13.7. The number of nitrogens with two attached hydrogens (primary N) is 2. The van der Waals surface area contributed by atoms with Gasteiger partial charge in [-0.1, -0.05) is 0 Å². The lowest BCUT2D eigenvalue weighted by molar-refractivity contribution is -0.123. The Balaban J connectivity index is 2.02. The topological polar surface area (TPSA) is 98.6 Å². The maximum atomic E-state index is 12.7. The molecule has 1 aliphatic heterocycles. The number of piperidine rings is 1. The number of carbonyl (C=O) groups is 2. The predicted molar refractivity (Wildman–Crippen MR) is 89.3 cm³/mol. The molecule has 0 aromatic heterocycles. The van der Waals surface area contributed by atoms with Gasteiger partial charge in [0.1, 0.15) is 5.75 Å². The largest absolute Gasteiger partial charge is 0.492 e. The van der Waals surface area contributed by atoms with Crippen LogP contribution in [0.15, 0.2) is 18.2 Å². The lowest BCUT2D eigenvalue weighted by Crippen LogP contribution is -2.46. The summed E-state index contributed by atoms with van der Waals surface area (Å²) < 4.78 is 5.39. The Morgan fingerprint density at radius 3 is 2.52 bits per heavy atom. The summed E-state index contributed by atoms with van der Waals surface area (Å²) in [5.41, 5.74) is 12.3. The van der Waals surface area contributed by atoms with Gasteiger partial charge in [0.2, 0.25) is 5.91 Å². The molecule has 0 aliphatic carbocycles. The fraction of sp³-hybridized carbons (Fsp3) is 0.529. The maximum absolute atomic E-state index is 12.7. The Morgan fingerprint density at radius 2 is 2.00 bits per heavy atom. The van der Waals surface area contributed by atoms with Crippen molar-refractivity contribution in [3.05, 3.63) is 23.8 Å². The van der Waals surface area contributed by atoms with E-state index in [-0.39, 0.29) is 23.7 Å². The van der Waals surface area contributed by atoms with E-state index >= 15 is 0 Å². The van der Waals surface area contributed by atoms with E-state index in [4.69, 9.17) is 16.2 Å². The van der Waals surface area contributed by atoms with Crippen LogP contribution in [0.1, 0.15) is 37.0 Å². The summed E-state index contributed by atoms with van der Waals surface area (Å²) in [6.07, 6.45) is 1.41. The number of ketones is 1. The number of amides is 1. The van der Waals surface area contributed by atoms with Crippen LogP contribution in [0.4, 0.5) is 5.69 Å². The number of ether oxygens (including phenoxy) is 1. The van der Waals surface area contributed by atoms with Crippen molar-refractivity contribution in [2.24, 2.45) is 11.7 Å². The Bertz CT molecular complexity index is 580. The molecule has 23 heavy (non-hydrogen) atoms. The number of rotatable bonds is 6. The fourth-order valence-electron chi connectivity index (χ4n) is 2.97. The van der Waals surface area contributed by atoms with Gasteiger partial charge in [0, 0.05) is 11.5 Å².